The molecule has 1 amide bonds. The first kappa shape index (κ1) is 23.4. The fourth-order valence-electron chi connectivity index (χ4n) is 4.25. The molecule has 0 saturated carbocycles. The lowest BCUT2D eigenvalue weighted by atomic mass is 9.80. The van der Waals surface area contributed by atoms with Gasteiger partial charge in [0.25, 0.3) is 0 Å². The van der Waals surface area contributed by atoms with E-state index in [2.05, 4.69) is 15.1 Å². The van der Waals surface area contributed by atoms with Crippen LogP contribution in [0.1, 0.15) is 28.1 Å². The first-order valence-corrected chi connectivity index (χ1v) is 10.4. The van der Waals surface area contributed by atoms with Gasteiger partial charge < -0.3 is 11.5 Å². The van der Waals surface area contributed by atoms with Crippen LogP contribution < -0.4 is 11.5 Å². The minimum absolute atomic E-state index is 0.00904. The molecule has 178 valence electrons. The Hall–Kier alpha value is -3.76. The number of anilines is 1. The number of nitrogen functional groups attached to an aromatic ring is 1. The number of amides is 1. The van der Waals surface area contributed by atoms with Gasteiger partial charge in [0.2, 0.25) is 5.91 Å². The van der Waals surface area contributed by atoms with Gasteiger partial charge in [-0.1, -0.05) is 0 Å². The molecule has 34 heavy (non-hydrogen) atoms. The first-order valence-electron chi connectivity index (χ1n) is 10.4. The third kappa shape index (κ3) is 4.37. The number of rotatable bonds is 5. The van der Waals surface area contributed by atoms with Gasteiger partial charge in [-0.3, -0.25) is 14.8 Å². The lowest BCUT2D eigenvalue weighted by Gasteiger charge is -2.26. The van der Waals surface area contributed by atoms with Crippen LogP contribution in [0.3, 0.4) is 0 Å². The molecule has 11 heteroatoms. The van der Waals surface area contributed by atoms with Gasteiger partial charge in [0, 0.05) is 17.3 Å². The molecule has 1 unspecified atom stereocenters. The second-order valence-corrected chi connectivity index (χ2v) is 8.51. The number of aryl methyl sites for hydroxylation is 2. The molecule has 1 atom stereocenters. The minimum Gasteiger partial charge on any atom is -0.384 e. The summed E-state index contributed by atoms with van der Waals surface area (Å²) in [7, 11) is 0. The van der Waals surface area contributed by atoms with Gasteiger partial charge in [-0.05, 0) is 61.7 Å². The predicted molar refractivity (Wildman–Crippen MR) is 119 cm³/mol. The number of nitrogens with two attached hydrogens (primary N) is 2. The molecular weight excluding hydrogens is 452 g/mol. The van der Waals surface area contributed by atoms with Gasteiger partial charge in [-0.15, -0.1) is 0 Å². The van der Waals surface area contributed by atoms with E-state index in [1.807, 2.05) is 6.92 Å². The van der Waals surface area contributed by atoms with Gasteiger partial charge in [0.05, 0.1) is 29.9 Å². The van der Waals surface area contributed by atoms with E-state index in [0.717, 1.165) is 29.3 Å². The van der Waals surface area contributed by atoms with Crippen molar-refractivity contribution < 1.29 is 22.4 Å². The quantitative estimate of drug-likeness (QED) is 0.550. The average Bonchev–Trinajstić information content (AvgIpc) is 3.13. The molecule has 0 fully saturated rings. The summed E-state index contributed by atoms with van der Waals surface area (Å²) in [6.45, 7) is 3.58. The van der Waals surface area contributed by atoms with E-state index in [9.17, 15) is 22.4 Å². The standard InChI is InChI=1S/C23H22F4N6O/c1-12-5-20(28)31-13(2)17(12)8-22(21(29)34)10-30-33(11-22)9-15-7-18(23(25,26)27)16-6-14(24)3-4-19(16)32-15/h3-7,10H,8-9,11H2,1-2H3,(H2,28,31)(H2,29,34). The molecule has 1 aliphatic heterocycles. The molecule has 3 aromatic rings. The highest BCUT2D eigenvalue weighted by Crippen LogP contribution is 2.36. The SMILES string of the molecule is Cc1cc(N)nc(C)c1CC1(C(N)=O)C=NN(Cc2cc(C(F)(F)F)c3cc(F)ccc3n2)C1. The van der Waals surface area contributed by atoms with Crippen molar-refractivity contribution in [2.45, 2.75) is 33.0 Å². The Bertz CT molecular complexity index is 1300. The number of benzene rings is 1. The van der Waals surface area contributed by atoms with Crippen molar-refractivity contribution in [3.05, 3.63) is 64.2 Å². The normalized spacial score (nSPS) is 18.1. The topological polar surface area (TPSA) is 110 Å². The molecule has 2 aromatic heterocycles. The maximum Gasteiger partial charge on any atom is 0.417 e. The number of pyridine rings is 2. The summed E-state index contributed by atoms with van der Waals surface area (Å²) in [5, 5.41) is 5.36. The lowest BCUT2D eigenvalue weighted by Crippen LogP contribution is -2.44. The van der Waals surface area contributed by atoms with E-state index in [1.165, 1.54) is 17.3 Å². The van der Waals surface area contributed by atoms with Crippen molar-refractivity contribution >= 4 is 28.8 Å². The van der Waals surface area contributed by atoms with Crippen molar-refractivity contribution in [1.29, 1.82) is 0 Å². The van der Waals surface area contributed by atoms with Gasteiger partial charge in [-0.25, -0.2) is 9.37 Å². The molecule has 1 aliphatic rings. The Balaban J connectivity index is 1.64. The molecule has 1 aromatic carbocycles. The van der Waals surface area contributed by atoms with E-state index in [1.54, 1.807) is 13.0 Å². The molecule has 0 aliphatic carbocycles. The van der Waals surface area contributed by atoms with E-state index in [4.69, 9.17) is 11.5 Å². The number of hydrogen-bond donors (Lipinski definition) is 2. The Morgan fingerprint density at radius 3 is 2.56 bits per heavy atom. The Morgan fingerprint density at radius 2 is 1.91 bits per heavy atom. The zero-order chi connectivity index (χ0) is 24.8. The van der Waals surface area contributed by atoms with Crippen LogP contribution in [0.4, 0.5) is 23.4 Å². The third-order valence-corrected chi connectivity index (χ3v) is 5.96. The summed E-state index contributed by atoms with van der Waals surface area (Å²) in [6.07, 6.45) is -3.07. The molecule has 0 spiro atoms. The van der Waals surface area contributed by atoms with E-state index < -0.39 is 28.9 Å². The second-order valence-electron chi connectivity index (χ2n) is 8.51. The van der Waals surface area contributed by atoms with Gasteiger partial charge in [0.1, 0.15) is 17.1 Å². The highest BCUT2D eigenvalue weighted by molar-refractivity contribution is 5.99. The Kier molecular flexibility index (Phi) is 5.66. The third-order valence-electron chi connectivity index (χ3n) is 5.96. The van der Waals surface area contributed by atoms with Crippen LogP contribution in [-0.2, 0) is 23.9 Å². The number of hydrogen-bond acceptors (Lipinski definition) is 6. The molecule has 0 radical (unpaired) electrons. The number of aromatic nitrogens is 2. The largest absolute Gasteiger partial charge is 0.417 e. The summed E-state index contributed by atoms with van der Waals surface area (Å²) in [5.41, 5.74) is 11.7. The number of primary amides is 1. The van der Waals surface area contributed by atoms with Gasteiger partial charge in [0.15, 0.2) is 0 Å². The summed E-state index contributed by atoms with van der Waals surface area (Å²) < 4.78 is 54.5. The van der Waals surface area contributed by atoms with Crippen LogP contribution >= 0.6 is 0 Å². The first-order chi connectivity index (χ1) is 15.9. The molecule has 3 heterocycles. The van der Waals surface area contributed by atoms with Crippen LogP contribution in [0.2, 0.25) is 0 Å². The van der Waals surface area contributed by atoms with Crippen molar-refractivity contribution in [3.8, 4) is 0 Å². The number of fused-ring (bicyclic) bond motifs is 1. The molecule has 0 saturated heterocycles. The molecule has 4 N–H and O–H groups in total. The van der Waals surface area contributed by atoms with Crippen LogP contribution in [0.25, 0.3) is 10.9 Å². The smallest absolute Gasteiger partial charge is 0.384 e. The Labute approximate surface area is 192 Å². The fraction of sp³-hybridized carbons (Fsp3) is 0.304. The molecule has 7 nitrogen and oxygen atoms in total. The van der Waals surface area contributed by atoms with E-state index >= 15 is 0 Å². The lowest BCUT2D eigenvalue weighted by molar-refractivity contribution is -0.136. The second kappa shape index (κ2) is 8.23. The fourth-order valence-corrected chi connectivity index (χ4v) is 4.25. The zero-order valence-electron chi connectivity index (χ0n) is 18.4. The number of halogens is 4. The van der Waals surface area contributed by atoms with Crippen molar-refractivity contribution in [1.82, 2.24) is 15.0 Å². The maximum absolute atomic E-state index is 13.6. The summed E-state index contributed by atoms with van der Waals surface area (Å²) in [4.78, 5) is 21.0. The van der Waals surface area contributed by atoms with E-state index in [0.29, 0.717) is 11.5 Å². The molecule has 4 rings (SSSR count). The summed E-state index contributed by atoms with van der Waals surface area (Å²) >= 11 is 0. The molecular formula is C23H22F4N6O. The maximum atomic E-state index is 13.6. The van der Waals surface area contributed by atoms with Crippen LogP contribution in [-0.4, -0.2) is 33.6 Å². The minimum atomic E-state index is -4.70. The van der Waals surface area contributed by atoms with Crippen LogP contribution in [0, 0.1) is 25.1 Å². The molecule has 0 bridgehead atoms. The van der Waals surface area contributed by atoms with Crippen LogP contribution in [0.5, 0.6) is 0 Å². The van der Waals surface area contributed by atoms with E-state index in [-0.39, 0.29) is 36.1 Å². The predicted octanol–water partition coefficient (Wildman–Crippen LogP) is 3.50. The number of alkyl halides is 3. The Morgan fingerprint density at radius 1 is 1.18 bits per heavy atom. The zero-order valence-corrected chi connectivity index (χ0v) is 18.4. The summed E-state index contributed by atoms with van der Waals surface area (Å²) in [5.74, 6) is -1.05. The van der Waals surface area contributed by atoms with Gasteiger partial charge in [-0.2, -0.15) is 18.3 Å². The highest BCUT2D eigenvalue weighted by atomic mass is 19.4. The number of carbonyl (C=O) groups excluding carboxylic acids is 1. The number of hydrazone groups is 1. The van der Waals surface area contributed by atoms with Crippen molar-refractivity contribution in [3.63, 3.8) is 0 Å². The van der Waals surface area contributed by atoms with Crippen molar-refractivity contribution in [2.75, 3.05) is 12.3 Å². The average molecular weight is 474 g/mol. The highest BCUT2D eigenvalue weighted by Gasteiger charge is 2.42. The monoisotopic (exact) mass is 474 g/mol. The number of carbonyl (C=O) groups is 1. The van der Waals surface area contributed by atoms with Crippen molar-refractivity contribution in [2.24, 2.45) is 16.3 Å². The number of nitrogens with zero attached hydrogens (tertiary/aromatic N) is 4. The van der Waals surface area contributed by atoms with Crippen LogP contribution in [0.15, 0.2) is 35.4 Å². The van der Waals surface area contributed by atoms with Gasteiger partial charge >= 0.3 is 6.18 Å². The summed E-state index contributed by atoms with van der Waals surface area (Å²) in [6, 6.07) is 5.63.